The summed E-state index contributed by atoms with van der Waals surface area (Å²) in [6, 6.07) is 6.70. The fourth-order valence-electron chi connectivity index (χ4n) is 1.61. The van der Waals surface area contributed by atoms with E-state index >= 15 is 0 Å². The zero-order chi connectivity index (χ0) is 12.0. The van der Waals surface area contributed by atoms with Crippen LogP contribution < -0.4 is 4.90 Å². The Labute approximate surface area is 96.0 Å². The molecule has 17 heavy (non-hydrogen) atoms. The summed E-state index contributed by atoms with van der Waals surface area (Å²) in [5.74, 6) is 0. The molecule has 2 rings (SSSR count). The molecule has 1 saturated heterocycles. The van der Waals surface area contributed by atoms with E-state index in [2.05, 4.69) is 11.3 Å². The topological polar surface area (TPSA) is 46.4 Å². The monoisotopic (exact) mass is 480 g/mol. The van der Waals surface area contributed by atoms with Crippen molar-refractivity contribution in [3.05, 3.63) is 40.8 Å². The van der Waals surface area contributed by atoms with E-state index in [1.54, 1.807) is 24.3 Å². The van der Waals surface area contributed by atoms with Crippen LogP contribution >= 0.6 is 0 Å². The smallest absolute Gasteiger partial charge is 0.269 e. The van der Waals surface area contributed by atoms with Gasteiger partial charge >= 0.3 is 0 Å². The average molecular weight is 480 g/mol. The third kappa shape index (κ3) is 3.48. The summed E-state index contributed by atoms with van der Waals surface area (Å²) in [6.45, 7) is 5.95. The van der Waals surface area contributed by atoms with Crippen LogP contribution in [0.1, 0.15) is 20.3 Å². The van der Waals surface area contributed by atoms with Crippen LogP contribution in [-0.4, -0.2) is 18.0 Å². The van der Waals surface area contributed by atoms with Crippen LogP contribution in [0.2, 0.25) is 0 Å². The van der Waals surface area contributed by atoms with Crippen LogP contribution in [0.4, 0.5) is 11.4 Å². The van der Waals surface area contributed by atoms with Crippen molar-refractivity contribution >= 4 is 11.4 Å². The van der Waals surface area contributed by atoms with Gasteiger partial charge < -0.3 is 11.3 Å². The largest absolute Gasteiger partial charge is 0.404 e. The fourth-order valence-corrected chi connectivity index (χ4v) is 1.61. The first-order chi connectivity index (χ1) is 7.77. The van der Waals surface area contributed by atoms with Gasteiger partial charge in [-0.3, -0.25) is 10.1 Å². The van der Waals surface area contributed by atoms with Crippen LogP contribution in [0.15, 0.2) is 24.3 Å². The minimum Gasteiger partial charge on any atom is -0.404 e. The second-order valence-corrected chi connectivity index (χ2v) is 3.30. The molecule has 0 spiro atoms. The summed E-state index contributed by atoms with van der Waals surface area (Å²) >= 11 is 0. The number of benzene rings is 1. The standard InChI is InChI=1S/C10H11N2O2.C2H6.No/c13-12(14)10-5-3-9(4-6-10)11-7-1-2-8-11;1-2;/h1,3-6H,2,7-8H2;1-2H3;/q-1;;. The number of hydrogen-bond donors (Lipinski definition) is 0. The van der Waals surface area contributed by atoms with Gasteiger partial charge in [0, 0.05) is 17.8 Å². The third-order valence-corrected chi connectivity index (χ3v) is 2.38. The van der Waals surface area contributed by atoms with E-state index in [1.165, 1.54) is 0 Å². The molecule has 0 saturated carbocycles. The molecule has 0 aliphatic carbocycles. The molecule has 102 valence electrons. The van der Waals surface area contributed by atoms with Gasteiger partial charge in [0.2, 0.25) is 0 Å². The van der Waals surface area contributed by atoms with Crippen LogP contribution in [0.3, 0.4) is 0 Å². The quantitative estimate of drug-likeness (QED) is 0.372. The molecule has 1 heterocycles. The fraction of sp³-hybridized carbons (Fsp3) is 0.417. The summed E-state index contributed by atoms with van der Waals surface area (Å²) in [5, 5.41) is 10.4. The van der Waals surface area contributed by atoms with Crippen molar-refractivity contribution in [3.8, 4) is 0 Å². The molecule has 1 aliphatic heterocycles. The number of nitrogens with zero attached hydrogens (tertiary/aromatic N) is 2. The number of hydrogen-bond acceptors (Lipinski definition) is 3. The van der Waals surface area contributed by atoms with Gasteiger partial charge in [0.25, 0.3) is 5.69 Å². The Bertz CT molecular complexity index is 335. The van der Waals surface area contributed by atoms with Gasteiger partial charge in [-0.15, -0.1) is 6.54 Å². The van der Waals surface area contributed by atoms with Gasteiger partial charge in [0.15, 0.2) is 0 Å². The van der Waals surface area contributed by atoms with Crippen molar-refractivity contribution in [2.75, 3.05) is 18.0 Å². The van der Waals surface area contributed by atoms with Crippen molar-refractivity contribution < 1.29 is 4.92 Å². The number of anilines is 1. The predicted molar refractivity (Wildman–Crippen MR) is 65.6 cm³/mol. The Morgan fingerprint density at radius 1 is 1.29 bits per heavy atom. The van der Waals surface area contributed by atoms with Crippen molar-refractivity contribution in [3.63, 3.8) is 0 Å². The molecule has 0 N–H and O–H groups in total. The maximum Gasteiger partial charge on any atom is 0.269 e. The maximum absolute atomic E-state index is 10.4. The predicted octanol–water partition coefficient (Wildman–Crippen LogP) is 3.04. The van der Waals surface area contributed by atoms with Gasteiger partial charge in [-0.25, -0.2) is 0 Å². The Morgan fingerprint density at radius 2 is 1.88 bits per heavy atom. The first-order valence-electron chi connectivity index (χ1n) is 5.58. The van der Waals surface area contributed by atoms with Crippen molar-refractivity contribution in [1.29, 1.82) is 0 Å². The van der Waals surface area contributed by atoms with E-state index in [0.717, 1.165) is 25.2 Å². The molecule has 0 unspecified atom stereocenters. The van der Waals surface area contributed by atoms with Crippen LogP contribution in [0, 0.1) is 16.5 Å². The van der Waals surface area contributed by atoms with E-state index in [-0.39, 0.29) is 10.6 Å². The van der Waals surface area contributed by atoms with Crippen LogP contribution in [0.25, 0.3) is 0 Å². The zero-order valence-corrected chi connectivity index (χ0v) is 12.2. The second kappa shape index (κ2) is 6.82. The average Bonchev–Trinajstić information content (AvgIpc) is 2.85. The Balaban J connectivity index is 0.000000811. The van der Waals surface area contributed by atoms with Gasteiger partial charge in [-0.05, 0) is 18.7 Å². The normalized spacial score (nSPS) is 13.4. The van der Waals surface area contributed by atoms with Gasteiger partial charge in [0.05, 0.1) is 4.92 Å². The SMILES string of the molecule is CC.O=[N+]([O-])c1ccc(N2C[CH-]CC2)cc1.[No]. The minimum atomic E-state index is -0.375. The molecule has 0 amide bonds. The summed E-state index contributed by atoms with van der Waals surface area (Å²) in [5.41, 5.74) is 1.21. The first kappa shape index (κ1) is 14.4. The summed E-state index contributed by atoms with van der Waals surface area (Å²) in [6.07, 6.45) is 3.30. The molecular weight excluding hydrogens is 463 g/mol. The Hall–Kier alpha value is -2.58. The van der Waals surface area contributed by atoms with E-state index in [4.69, 9.17) is 0 Å². The van der Waals surface area contributed by atoms with Gasteiger partial charge in [0.1, 0.15) is 0 Å². The summed E-state index contributed by atoms with van der Waals surface area (Å²) < 4.78 is 0. The molecule has 0 radical (unpaired) electrons. The molecule has 5 heteroatoms. The first-order valence-corrected chi connectivity index (χ1v) is 5.58. The Morgan fingerprint density at radius 3 is 2.29 bits per heavy atom. The van der Waals surface area contributed by atoms with Crippen LogP contribution in [0.5, 0.6) is 0 Å². The van der Waals surface area contributed by atoms with Crippen LogP contribution in [-0.2, 0) is 0 Å². The number of nitro benzene ring substituents is 1. The molecule has 1 aromatic rings. The number of rotatable bonds is 2. The molecule has 1 aliphatic rings. The van der Waals surface area contributed by atoms with Crippen molar-refractivity contribution in [1.82, 2.24) is 0 Å². The molecule has 0 atom stereocenters. The van der Waals surface area contributed by atoms with Crippen molar-refractivity contribution in [2.45, 2.75) is 20.3 Å². The molecule has 0 aromatic heterocycles. The molecule has 4 nitrogen and oxygen atoms in total. The zero-order valence-electron chi connectivity index (χ0n) is 9.99. The number of non-ortho nitro benzene ring substituents is 1. The second-order valence-electron chi connectivity index (χ2n) is 3.30. The van der Waals surface area contributed by atoms with E-state index in [0.29, 0.717) is 0 Å². The molecule has 0 bridgehead atoms. The van der Waals surface area contributed by atoms with E-state index < -0.39 is 0 Å². The summed E-state index contributed by atoms with van der Waals surface area (Å²) in [4.78, 5) is 12.2. The number of nitro groups is 1. The van der Waals surface area contributed by atoms with Gasteiger partial charge in [-0.2, -0.15) is 6.42 Å². The van der Waals surface area contributed by atoms with E-state index in [1.807, 2.05) is 13.8 Å². The molecular formula is C12H17N2NoO2-. The van der Waals surface area contributed by atoms with E-state index in [9.17, 15) is 10.1 Å². The Kier molecular flexibility index (Phi) is 5.79. The van der Waals surface area contributed by atoms with Crippen molar-refractivity contribution in [2.24, 2.45) is 0 Å². The maximum atomic E-state index is 10.4. The molecule has 1 aromatic carbocycles. The minimum absolute atomic E-state index is 0. The third-order valence-electron chi connectivity index (χ3n) is 2.38. The summed E-state index contributed by atoms with van der Waals surface area (Å²) in [7, 11) is 0. The van der Waals surface area contributed by atoms with Gasteiger partial charge in [-0.1, -0.05) is 13.8 Å². The molecule has 1 fully saturated rings.